The first kappa shape index (κ1) is 100. The Morgan fingerprint density at radius 3 is 0.918 bits per heavy atom. The molecule has 8 aromatic carbocycles. The fourth-order valence-corrected chi connectivity index (χ4v) is 26.0. The van der Waals surface area contributed by atoms with Crippen LogP contribution in [0.1, 0.15) is 173 Å². The molecule has 24 nitrogen and oxygen atoms in total. The SMILES string of the molecule is CCc1ccc(N(CC(C)C)S(=O)(=O)c2ccc3c(c2)CC(=O)N3CC2(C)CCOCC2)cc1.CCc1ccc(N(CC(C)C)S(=O)(=O)c2ccc3c(c2)CC(=O)N3CC2(F)CCOCC2)cc1.CCc1ccc(N(CC(C)C)S(=O)(=O)c2ccc3c(c2)CC(=O)N3CC2CCOCC2)cc1.CCc1ccc(N(CC(C)C)S(=O)(=O)c2ccc3c(c2)CC(=O)N3CC2[C@H]3COC[C@@H]23)cc1. The Morgan fingerprint density at radius 2 is 0.619 bits per heavy atom. The molecule has 17 rings (SSSR count). The van der Waals surface area contributed by atoms with E-state index in [1.807, 2.05) is 179 Å². The Morgan fingerprint density at radius 1 is 0.351 bits per heavy atom. The van der Waals surface area contributed by atoms with E-state index in [-0.39, 0.29) is 117 Å². The Labute approximate surface area is 794 Å². The zero-order valence-corrected chi connectivity index (χ0v) is 83.4. The standard InChI is InChI=1S/C27H36N2O4S.C26H33FN2O4S.C26H32N2O4S.C26H34N2O4S/c1-5-21-6-8-23(9-7-21)29(18-20(2)3)34(31,32)24-10-11-25-22(16-24)17-26(30)28(25)19-27(4)12-14-33-15-13-27;1-4-20-5-7-22(8-6-20)29(17-19(2)3)34(31,32)23-9-10-24-21(15-23)16-25(30)28(24)18-26(27)11-13-33-14-12-26;1-4-18-5-7-20(8-6-18)28(13-17(2)3)33(30,31)21-9-10-25-19(11-21)12-26(29)27(25)14-22-23-15-32-16-24(22)23;1-4-20-5-7-23(8-6-20)28(17-19(2)3)33(30,31)24-9-10-25-22(15-24)16-26(29)27(25)18-21-11-13-32-14-12-21/h6-11,16,20H,5,12-15,17-19H2,1-4H3;5-10,15,19H,4,11-14,16-18H2,1-3H3;5-11,17,22-24H,4,12-16H2,1-3H3;5-10,15,19,21H,4,11-14,16-18H2,1-3H3/t;;22?,23-,24+;. The van der Waals surface area contributed by atoms with Gasteiger partial charge in [-0.25, -0.2) is 38.1 Å². The second-order valence-corrected chi connectivity index (χ2v) is 46.9. The van der Waals surface area contributed by atoms with Gasteiger partial charge < -0.3 is 38.5 Å². The Hall–Kier alpha value is -9.59. The summed E-state index contributed by atoms with van der Waals surface area (Å²) in [6.07, 6.45) is 8.63. The predicted molar refractivity (Wildman–Crippen MR) is 528 cm³/mol. The molecular formula is C105H135FN8O16S4. The molecule has 0 N–H and O–H groups in total. The number of carbonyl (C=O) groups excluding carboxylic acids is 4. The number of hydrogen-bond donors (Lipinski definition) is 0. The highest BCUT2D eigenvalue weighted by atomic mass is 32.2. The molecule has 0 spiro atoms. The maximum absolute atomic E-state index is 15.3. The van der Waals surface area contributed by atoms with Crippen LogP contribution in [0.15, 0.2) is 189 Å². The molecule has 8 aromatic rings. The number of sulfonamides is 4. The normalized spacial score (nSPS) is 19.0. The average molecular weight is 1910 g/mol. The number of nitrogens with zero attached hydrogens (tertiary/aromatic N) is 8. The molecule has 0 aromatic heterocycles. The van der Waals surface area contributed by atoms with Crippen LogP contribution in [-0.2, 0) is 130 Å². The van der Waals surface area contributed by atoms with Gasteiger partial charge in [-0.15, -0.1) is 0 Å². The molecule has 4 saturated heterocycles. The first-order valence-electron chi connectivity index (χ1n) is 48.0. The number of alkyl halides is 1. The molecule has 134 heavy (non-hydrogen) atoms. The highest BCUT2D eigenvalue weighted by molar-refractivity contribution is 7.93. The topological polar surface area (TPSA) is 268 Å². The molecule has 4 amide bonds. The van der Waals surface area contributed by atoms with Crippen LogP contribution in [-0.4, -0.2) is 168 Å². The van der Waals surface area contributed by atoms with Crippen LogP contribution < -0.4 is 36.8 Å². The highest BCUT2D eigenvalue weighted by Gasteiger charge is 2.55. The summed E-state index contributed by atoms with van der Waals surface area (Å²) in [5.74, 6) is 2.61. The van der Waals surface area contributed by atoms with Gasteiger partial charge in [0.2, 0.25) is 23.6 Å². The first-order chi connectivity index (χ1) is 63.8. The lowest BCUT2D eigenvalue weighted by Crippen LogP contribution is -2.45. The number of fused-ring (bicyclic) bond motifs is 5. The van der Waals surface area contributed by atoms with Gasteiger partial charge in [0, 0.05) is 121 Å². The monoisotopic (exact) mass is 1910 g/mol. The van der Waals surface area contributed by atoms with E-state index in [4.69, 9.17) is 18.9 Å². The van der Waals surface area contributed by atoms with Gasteiger partial charge in [-0.05, 0) is 270 Å². The zero-order valence-electron chi connectivity index (χ0n) is 80.1. The summed E-state index contributed by atoms with van der Waals surface area (Å²) in [4.78, 5) is 59.0. The summed E-state index contributed by atoms with van der Waals surface area (Å²) in [5.41, 5.74) is 11.9. The van der Waals surface area contributed by atoms with Crippen LogP contribution in [0.25, 0.3) is 0 Å². The molecule has 8 heterocycles. The minimum atomic E-state index is -3.85. The minimum absolute atomic E-state index is 0.0129. The summed E-state index contributed by atoms with van der Waals surface area (Å²) in [6, 6.07) is 51.0. The molecule has 0 bridgehead atoms. The molecule has 722 valence electrons. The molecular weight excluding hydrogens is 1780 g/mol. The lowest BCUT2D eigenvalue weighted by atomic mass is 9.82. The fourth-order valence-electron chi connectivity index (χ4n) is 19.2. The number of ether oxygens (including phenoxy) is 4. The van der Waals surface area contributed by atoms with Crippen molar-refractivity contribution in [3.8, 4) is 0 Å². The molecule has 0 radical (unpaired) electrons. The quantitative estimate of drug-likeness (QED) is 0.0379. The first-order valence-corrected chi connectivity index (χ1v) is 53.8. The number of amides is 4. The van der Waals surface area contributed by atoms with Gasteiger partial charge in [-0.3, -0.25) is 36.4 Å². The number of benzene rings is 8. The van der Waals surface area contributed by atoms with Gasteiger partial charge in [0.1, 0.15) is 5.67 Å². The summed E-state index contributed by atoms with van der Waals surface area (Å²) in [5, 5.41) is 0. The lowest BCUT2D eigenvalue weighted by Gasteiger charge is -2.37. The Bertz CT molecular complexity index is 5630. The minimum Gasteiger partial charge on any atom is -0.381 e. The Kier molecular flexibility index (Phi) is 31.9. The fraction of sp³-hybridized carbons (Fsp3) is 0.505. The van der Waals surface area contributed by atoms with E-state index in [1.54, 1.807) is 54.6 Å². The summed E-state index contributed by atoms with van der Waals surface area (Å²) in [7, 11) is -15.2. The van der Waals surface area contributed by atoms with Gasteiger partial charge in [0.25, 0.3) is 40.1 Å². The maximum atomic E-state index is 15.3. The summed E-state index contributed by atoms with van der Waals surface area (Å²) >= 11 is 0. The average Bonchev–Trinajstić information content (AvgIpc) is 1.58. The zero-order chi connectivity index (χ0) is 95.9. The maximum Gasteiger partial charge on any atom is 0.264 e. The van der Waals surface area contributed by atoms with Gasteiger partial charge in [-0.1, -0.05) is 139 Å². The van der Waals surface area contributed by atoms with E-state index in [2.05, 4.69) is 34.6 Å². The highest BCUT2D eigenvalue weighted by Crippen LogP contribution is 2.52. The van der Waals surface area contributed by atoms with E-state index < -0.39 is 45.8 Å². The van der Waals surface area contributed by atoms with Crippen LogP contribution >= 0.6 is 0 Å². The second kappa shape index (κ2) is 42.6. The van der Waals surface area contributed by atoms with E-state index in [0.717, 1.165) is 117 Å². The number of carbonyl (C=O) groups is 4. The number of hydrogen-bond acceptors (Lipinski definition) is 16. The van der Waals surface area contributed by atoms with Crippen LogP contribution in [0.4, 0.5) is 49.9 Å². The van der Waals surface area contributed by atoms with Crippen molar-refractivity contribution in [2.24, 2.45) is 52.8 Å². The van der Waals surface area contributed by atoms with Crippen molar-refractivity contribution < 1.29 is 76.2 Å². The van der Waals surface area contributed by atoms with Crippen LogP contribution in [0, 0.1) is 52.8 Å². The van der Waals surface area contributed by atoms with Crippen molar-refractivity contribution in [2.75, 3.05) is 142 Å². The van der Waals surface area contributed by atoms with E-state index in [0.29, 0.717) is 130 Å². The number of halogens is 1. The number of aryl methyl sites for hydroxylation is 4. The predicted octanol–water partition coefficient (Wildman–Crippen LogP) is 17.6. The molecule has 1 aliphatic carbocycles. The summed E-state index contributed by atoms with van der Waals surface area (Å²) < 4.78 is 153. The molecule has 1 saturated carbocycles. The largest absolute Gasteiger partial charge is 0.381 e. The van der Waals surface area contributed by atoms with Crippen molar-refractivity contribution in [1.82, 2.24) is 0 Å². The molecule has 1 unspecified atom stereocenters. The third-order valence-corrected chi connectivity index (χ3v) is 34.5. The summed E-state index contributed by atoms with van der Waals surface area (Å²) in [6.45, 7) is 35.2. The molecule has 8 aliphatic heterocycles. The number of rotatable bonds is 32. The Balaban J connectivity index is 0.000000143. The van der Waals surface area contributed by atoms with Gasteiger partial charge in [0.15, 0.2) is 0 Å². The molecule has 3 atom stereocenters. The van der Waals surface area contributed by atoms with Gasteiger partial charge in [-0.2, -0.15) is 0 Å². The third-order valence-electron chi connectivity index (χ3n) is 27.3. The molecule has 5 fully saturated rings. The van der Waals surface area contributed by atoms with E-state index >= 15 is 4.39 Å². The molecule has 29 heteroatoms. The van der Waals surface area contributed by atoms with E-state index in [9.17, 15) is 52.8 Å². The second-order valence-electron chi connectivity index (χ2n) is 39.4. The van der Waals surface area contributed by atoms with Crippen LogP contribution in [0.5, 0.6) is 0 Å². The van der Waals surface area contributed by atoms with Crippen LogP contribution in [0.3, 0.4) is 0 Å². The van der Waals surface area contributed by atoms with Crippen molar-refractivity contribution in [1.29, 1.82) is 0 Å². The van der Waals surface area contributed by atoms with Crippen LogP contribution in [0.2, 0.25) is 0 Å². The third kappa shape index (κ3) is 22.9. The lowest BCUT2D eigenvalue weighted by molar-refractivity contribution is -0.118. The van der Waals surface area contributed by atoms with Crippen molar-refractivity contribution >= 4 is 109 Å². The van der Waals surface area contributed by atoms with Crippen molar-refractivity contribution in [3.05, 3.63) is 214 Å². The van der Waals surface area contributed by atoms with E-state index in [1.165, 1.54) is 44.9 Å². The number of anilines is 8. The van der Waals surface area contributed by atoms with Crippen molar-refractivity contribution in [3.63, 3.8) is 0 Å². The molecule has 9 aliphatic rings. The smallest absolute Gasteiger partial charge is 0.264 e. The van der Waals surface area contributed by atoms with Gasteiger partial charge >= 0.3 is 0 Å². The van der Waals surface area contributed by atoms with Crippen molar-refractivity contribution in [2.45, 2.75) is 205 Å². The van der Waals surface area contributed by atoms with Gasteiger partial charge in [0.05, 0.1) is 87.8 Å².